The van der Waals surface area contributed by atoms with Gasteiger partial charge in [0.15, 0.2) is 0 Å². The average molecular weight is 121 g/mol. The highest BCUT2D eigenvalue weighted by Crippen LogP contribution is 2.02. The number of aromatic amines is 1. The van der Waals surface area contributed by atoms with Crippen molar-refractivity contribution in [3.63, 3.8) is 0 Å². The normalized spacial score (nSPS) is 9.11. The lowest BCUT2D eigenvalue weighted by Crippen LogP contribution is -1.63. The summed E-state index contributed by atoms with van der Waals surface area (Å²) in [4.78, 5) is 2.99. The maximum Gasteiger partial charge on any atom is 0.00780 e. The number of aromatic nitrogens is 1. The predicted molar refractivity (Wildman–Crippen MR) is 40.1 cm³/mol. The summed E-state index contributed by atoms with van der Waals surface area (Å²) in [7, 11) is 0. The van der Waals surface area contributed by atoms with Crippen LogP contribution in [-0.2, 0) is 0 Å². The van der Waals surface area contributed by atoms with Gasteiger partial charge in [-0.15, -0.1) is 0 Å². The molecule has 0 fully saturated rings. The Hall–Kier alpha value is -0.980. The fourth-order valence-electron chi connectivity index (χ4n) is 0.760. The molecule has 9 heavy (non-hydrogen) atoms. The molecule has 0 saturated carbocycles. The van der Waals surface area contributed by atoms with Gasteiger partial charge in [0.2, 0.25) is 0 Å². The van der Waals surface area contributed by atoms with Gasteiger partial charge < -0.3 is 4.98 Å². The lowest BCUT2D eigenvalue weighted by molar-refractivity contribution is 1.40. The first kappa shape index (κ1) is 6.14. The number of allylic oxidation sites excluding steroid dienone is 1. The van der Waals surface area contributed by atoms with Crippen LogP contribution in [0.25, 0.3) is 6.08 Å². The fourth-order valence-corrected chi connectivity index (χ4v) is 0.760. The Labute approximate surface area is 55.4 Å². The number of nitrogens with one attached hydrogen (secondary N) is 1. The Morgan fingerprint density at radius 1 is 1.56 bits per heavy atom. The Morgan fingerprint density at radius 2 is 2.33 bits per heavy atom. The second-order valence-electron chi connectivity index (χ2n) is 2.37. The molecule has 48 valence electrons. The molecular formula is C8H11N. The summed E-state index contributed by atoms with van der Waals surface area (Å²) in [6.45, 7) is 4.18. The number of hydrogen-bond donors (Lipinski definition) is 1. The number of rotatable bonds is 1. The molecule has 0 spiro atoms. The molecular weight excluding hydrogens is 110 g/mol. The van der Waals surface area contributed by atoms with E-state index in [-0.39, 0.29) is 0 Å². The van der Waals surface area contributed by atoms with E-state index < -0.39 is 0 Å². The minimum Gasteiger partial charge on any atom is -0.367 e. The highest BCUT2D eigenvalue weighted by molar-refractivity contribution is 5.50. The van der Waals surface area contributed by atoms with E-state index in [2.05, 4.69) is 24.9 Å². The monoisotopic (exact) mass is 121 g/mol. The Morgan fingerprint density at radius 3 is 2.78 bits per heavy atom. The van der Waals surface area contributed by atoms with Crippen LogP contribution in [0.2, 0.25) is 0 Å². The zero-order valence-corrected chi connectivity index (χ0v) is 5.81. The third-order valence-electron chi connectivity index (χ3n) is 1.08. The largest absolute Gasteiger partial charge is 0.367 e. The zero-order valence-electron chi connectivity index (χ0n) is 5.81. The van der Waals surface area contributed by atoms with E-state index in [0.29, 0.717) is 0 Å². The van der Waals surface area contributed by atoms with Gasteiger partial charge in [0, 0.05) is 12.4 Å². The van der Waals surface area contributed by atoms with Crippen LogP contribution in [0.3, 0.4) is 0 Å². The van der Waals surface area contributed by atoms with Crippen molar-refractivity contribution in [2.45, 2.75) is 13.8 Å². The summed E-state index contributed by atoms with van der Waals surface area (Å²) in [6.07, 6.45) is 6.04. The van der Waals surface area contributed by atoms with Crippen molar-refractivity contribution in [3.05, 3.63) is 29.6 Å². The lowest BCUT2D eigenvalue weighted by Gasteiger charge is -1.84. The van der Waals surface area contributed by atoms with E-state index in [4.69, 9.17) is 0 Å². The molecule has 1 heterocycles. The molecule has 1 heteroatoms. The van der Waals surface area contributed by atoms with Gasteiger partial charge in [0.05, 0.1) is 0 Å². The fraction of sp³-hybridized carbons (Fsp3) is 0.250. The minimum atomic E-state index is 1.25. The van der Waals surface area contributed by atoms with Gasteiger partial charge in [0.1, 0.15) is 0 Å². The van der Waals surface area contributed by atoms with Crippen LogP contribution in [0, 0.1) is 0 Å². The van der Waals surface area contributed by atoms with E-state index in [1.807, 2.05) is 18.5 Å². The van der Waals surface area contributed by atoms with E-state index >= 15 is 0 Å². The molecule has 0 aromatic carbocycles. The standard InChI is InChI=1S/C8H11N/c1-7(2)5-8-3-4-9-6-8/h3-6,9H,1-2H3. The van der Waals surface area contributed by atoms with Crippen molar-refractivity contribution in [2.24, 2.45) is 0 Å². The zero-order chi connectivity index (χ0) is 6.69. The molecule has 1 nitrogen and oxygen atoms in total. The molecule has 0 bridgehead atoms. The Balaban J connectivity index is 2.80. The van der Waals surface area contributed by atoms with Crippen molar-refractivity contribution in [1.82, 2.24) is 4.98 Å². The number of H-pyrrole nitrogens is 1. The van der Waals surface area contributed by atoms with Gasteiger partial charge in [-0.25, -0.2) is 0 Å². The molecule has 0 aliphatic carbocycles. The number of hydrogen-bond acceptors (Lipinski definition) is 0. The van der Waals surface area contributed by atoms with Gasteiger partial charge in [-0.05, 0) is 25.5 Å². The van der Waals surface area contributed by atoms with Crippen LogP contribution in [-0.4, -0.2) is 4.98 Å². The summed E-state index contributed by atoms with van der Waals surface area (Å²) in [5.41, 5.74) is 2.57. The summed E-state index contributed by atoms with van der Waals surface area (Å²) in [5.74, 6) is 0. The maximum absolute atomic E-state index is 2.99. The van der Waals surface area contributed by atoms with E-state index in [1.165, 1.54) is 11.1 Å². The van der Waals surface area contributed by atoms with Crippen LogP contribution >= 0.6 is 0 Å². The van der Waals surface area contributed by atoms with Crippen LogP contribution in [0.5, 0.6) is 0 Å². The highest BCUT2D eigenvalue weighted by Gasteiger charge is 1.83. The van der Waals surface area contributed by atoms with Gasteiger partial charge in [-0.2, -0.15) is 0 Å². The van der Waals surface area contributed by atoms with E-state index in [9.17, 15) is 0 Å². The third kappa shape index (κ3) is 1.76. The molecule has 1 N–H and O–H groups in total. The van der Waals surface area contributed by atoms with Crippen molar-refractivity contribution < 1.29 is 0 Å². The summed E-state index contributed by atoms with van der Waals surface area (Å²) >= 11 is 0. The molecule has 1 rings (SSSR count). The van der Waals surface area contributed by atoms with E-state index in [1.54, 1.807) is 0 Å². The topological polar surface area (TPSA) is 15.8 Å². The summed E-state index contributed by atoms with van der Waals surface area (Å²) in [6, 6.07) is 2.05. The quantitative estimate of drug-likeness (QED) is 0.587. The molecule has 1 aromatic heterocycles. The van der Waals surface area contributed by atoms with Crippen LogP contribution in [0.15, 0.2) is 24.0 Å². The smallest absolute Gasteiger partial charge is 0.00780 e. The average Bonchev–Trinajstić information content (AvgIpc) is 2.15. The van der Waals surface area contributed by atoms with E-state index in [0.717, 1.165) is 0 Å². The summed E-state index contributed by atoms with van der Waals surface area (Å²) in [5, 5.41) is 0. The third-order valence-corrected chi connectivity index (χ3v) is 1.08. The predicted octanol–water partition coefficient (Wildman–Crippen LogP) is 2.44. The molecule has 0 aliphatic rings. The van der Waals surface area contributed by atoms with Gasteiger partial charge in [-0.1, -0.05) is 11.6 Å². The van der Waals surface area contributed by atoms with Gasteiger partial charge in [-0.3, -0.25) is 0 Å². The van der Waals surface area contributed by atoms with Crippen LogP contribution < -0.4 is 0 Å². The van der Waals surface area contributed by atoms with Gasteiger partial charge in [0.25, 0.3) is 0 Å². The second kappa shape index (κ2) is 2.53. The maximum atomic E-state index is 2.99. The van der Waals surface area contributed by atoms with Crippen molar-refractivity contribution in [2.75, 3.05) is 0 Å². The SMILES string of the molecule is CC(C)=Cc1cc[nH]c1. The highest BCUT2D eigenvalue weighted by atomic mass is 14.6. The van der Waals surface area contributed by atoms with Gasteiger partial charge >= 0.3 is 0 Å². The molecule has 1 aromatic rings. The molecule has 0 unspecified atom stereocenters. The molecule has 0 radical (unpaired) electrons. The first-order valence-electron chi connectivity index (χ1n) is 3.07. The minimum absolute atomic E-state index is 1.25. The first-order chi connectivity index (χ1) is 4.29. The van der Waals surface area contributed by atoms with Crippen LogP contribution in [0.1, 0.15) is 19.4 Å². The first-order valence-corrected chi connectivity index (χ1v) is 3.07. The molecule has 0 saturated heterocycles. The summed E-state index contributed by atoms with van der Waals surface area (Å²) < 4.78 is 0. The molecule has 0 aliphatic heterocycles. The Bertz CT molecular complexity index is 190. The lowest BCUT2D eigenvalue weighted by atomic mass is 10.2. The Kier molecular flexibility index (Phi) is 1.73. The second-order valence-corrected chi connectivity index (χ2v) is 2.37. The van der Waals surface area contributed by atoms with Crippen LogP contribution in [0.4, 0.5) is 0 Å². The van der Waals surface area contributed by atoms with Crippen molar-refractivity contribution in [1.29, 1.82) is 0 Å². The molecule has 0 atom stereocenters. The van der Waals surface area contributed by atoms with Crippen molar-refractivity contribution in [3.8, 4) is 0 Å². The molecule has 0 amide bonds. The van der Waals surface area contributed by atoms with Crippen molar-refractivity contribution >= 4 is 6.08 Å².